The third-order valence-corrected chi connectivity index (χ3v) is 3.84. The Hall–Kier alpha value is -0.870. The van der Waals surface area contributed by atoms with Crippen LogP contribution in [0.3, 0.4) is 0 Å². The molecule has 1 unspecified atom stereocenters. The molecule has 0 aliphatic rings. The van der Waals surface area contributed by atoms with Crippen molar-refractivity contribution in [2.24, 2.45) is 0 Å². The van der Waals surface area contributed by atoms with Crippen LogP contribution in [0.1, 0.15) is 90.4 Å². The van der Waals surface area contributed by atoms with Gasteiger partial charge in [-0.2, -0.15) is 0 Å². The van der Waals surface area contributed by atoms with E-state index in [9.17, 15) is 4.79 Å². The number of aliphatic carboxylic acids is 1. The number of allylic oxidation sites excluding steroid dienone is 1. The zero-order valence-corrected chi connectivity index (χ0v) is 14.1. The summed E-state index contributed by atoms with van der Waals surface area (Å²) in [4.78, 5) is 14.8. The van der Waals surface area contributed by atoms with E-state index in [0.29, 0.717) is 0 Å². The predicted molar refractivity (Wildman–Crippen MR) is 90.0 cm³/mol. The molecule has 0 saturated carbocycles. The lowest BCUT2D eigenvalue weighted by Gasteiger charge is -2.08. The van der Waals surface area contributed by atoms with Gasteiger partial charge in [-0.25, -0.2) is 4.89 Å². The maximum atomic E-state index is 10.4. The molecule has 0 spiro atoms. The molecule has 0 bridgehead atoms. The van der Waals surface area contributed by atoms with Gasteiger partial charge in [-0.15, -0.1) is 0 Å². The molecule has 0 heterocycles. The van der Waals surface area contributed by atoms with Gasteiger partial charge in [-0.1, -0.05) is 70.4 Å². The molecule has 0 fully saturated rings. The maximum absolute atomic E-state index is 10.4. The van der Waals surface area contributed by atoms with Crippen LogP contribution < -0.4 is 0 Å². The zero-order chi connectivity index (χ0) is 16.5. The molecule has 0 aromatic carbocycles. The highest BCUT2D eigenvalue weighted by atomic mass is 17.1. The molecule has 0 aliphatic heterocycles. The van der Waals surface area contributed by atoms with Gasteiger partial charge >= 0.3 is 5.97 Å². The minimum Gasteiger partial charge on any atom is -0.481 e. The van der Waals surface area contributed by atoms with Crippen LogP contribution in [0.25, 0.3) is 0 Å². The van der Waals surface area contributed by atoms with Crippen LogP contribution >= 0.6 is 0 Å². The van der Waals surface area contributed by atoms with Gasteiger partial charge in [0.15, 0.2) is 0 Å². The van der Waals surface area contributed by atoms with Crippen LogP contribution in [0.15, 0.2) is 12.2 Å². The van der Waals surface area contributed by atoms with E-state index in [2.05, 4.69) is 17.9 Å². The molecule has 22 heavy (non-hydrogen) atoms. The largest absolute Gasteiger partial charge is 0.481 e. The topological polar surface area (TPSA) is 66.8 Å². The Morgan fingerprint density at radius 2 is 1.64 bits per heavy atom. The molecule has 1 atom stereocenters. The quantitative estimate of drug-likeness (QED) is 0.169. The predicted octanol–water partition coefficient (Wildman–Crippen LogP) is 5.58. The van der Waals surface area contributed by atoms with Crippen molar-refractivity contribution in [2.75, 3.05) is 0 Å². The monoisotopic (exact) mass is 314 g/mol. The minimum absolute atomic E-state index is 0.169. The maximum Gasteiger partial charge on any atom is 0.303 e. The van der Waals surface area contributed by atoms with E-state index in [1.54, 1.807) is 0 Å². The van der Waals surface area contributed by atoms with Gasteiger partial charge in [-0.05, 0) is 25.7 Å². The second kappa shape index (κ2) is 16.5. The smallest absolute Gasteiger partial charge is 0.303 e. The molecule has 0 saturated heterocycles. The lowest BCUT2D eigenvalue weighted by atomic mass is 10.1. The first-order valence-corrected chi connectivity index (χ1v) is 8.89. The highest BCUT2D eigenvalue weighted by Crippen LogP contribution is 2.11. The molecule has 4 heteroatoms. The summed E-state index contributed by atoms with van der Waals surface area (Å²) < 4.78 is 0. The first-order chi connectivity index (χ1) is 10.7. The van der Waals surface area contributed by atoms with Crippen LogP contribution in [0.4, 0.5) is 0 Å². The number of hydrogen-bond acceptors (Lipinski definition) is 3. The van der Waals surface area contributed by atoms with Crippen molar-refractivity contribution in [1.29, 1.82) is 0 Å². The summed E-state index contributed by atoms with van der Waals surface area (Å²) in [5.41, 5.74) is 0. The van der Waals surface area contributed by atoms with Crippen LogP contribution in [-0.2, 0) is 9.68 Å². The van der Waals surface area contributed by atoms with Crippen LogP contribution in [0.5, 0.6) is 0 Å². The summed E-state index contributed by atoms with van der Waals surface area (Å²) in [7, 11) is 0. The SMILES string of the molecule is CCCCCCCC(C=CCCCCCCCC(=O)O)OO. The van der Waals surface area contributed by atoms with Crippen LogP contribution in [0.2, 0.25) is 0 Å². The molecule has 0 radical (unpaired) electrons. The summed E-state index contributed by atoms with van der Waals surface area (Å²) in [5.74, 6) is -0.701. The molecule has 0 aromatic rings. The van der Waals surface area contributed by atoms with Gasteiger partial charge in [0.05, 0.1) is 0 Å². The van der Waals surface area contributed by atoms with E-state index in [4.69, 9.17) is 10.4 Å². The van der Waals surface area contributed by atoms with Crippen molar-refractivity contribution in [3.8, 4) is 0 Å². The minimum atomic E-state index is -0.701. The second-order valence-electron chi connectivity index (χ2n) is 5.98. The molecule has 0 aliphatic carbocycles. The molecule has 0 aromatic heterocycles. The van der Waals surface area contributed by atoms with Crippen molar-refractivity contribution in [3.63, 3.8) is 0 Å². The van der Waals surface area contributed by atoms with E-state index in [1.165, 1.54) is 25.7 Å². The number of carbonyl (C=O) groups is 1. The molecular formula is C18H34O4. The Labute approximate surface area is 135 Å². The summed E-state index contributed by atoms with van der Waals surface area (Å²) in [5, 5.41) is 17.4. The van der Waals surface area contributed by atoms with Gasteiger partial charge in [-0.3, -0.25) is 10.1 Å². The van der Waals surface area contributed by atoms with Crippen molar-refractivity contribution in [3.05, 3.63) is 12.2 Å². The normalized spacial score (nSPS) is 12.8. The Balaban J connectivity index is 3.45. The van der Waals surface area contributed by atoms with Crippen LogP contribution in [-0.4, -0.2) is 22.4 Å². The summed E-state index contributed by atoms with van der Waals surface area (Å²) >= 11 is 0. The standard InChI is InChI=1S/C18H34O4/c1-2-3-4-8-11-14-17(22-21)15-12-9-6-5-7-10-13-16-18(19)20/h12,15,17,21H,2-11,13-14,16H2,1H3,(H,19,20). The van der Waals surface area contributed by atoms with Crippen molar-refractivity contribution in [1.82, 2.24) is 0 Å². The second-order valence-corrected chi connectivity index (χ2v) is 5.98. The number of carboxylic acid groups (broad SMARTS) is 1. The Kier molecular flexibility index (Phi) is 15.8. The van der Waals surface area contributed by atoms with Crippen molar-refractivity contribution >= 4 is 5.97 Å². The third-order valence-electron chi connectivity index (χ3n) is 3.84. The summed E-state index contributed by atoms with van der Waals surface area (Å²) in [6.45, 7) is 2.20. The van der Waals surface area contributed by atoms with E-state index in [0.717, 1.165) is 51.4 Å². The fraction of sp³-hybridized carbons (Fsp3) is 0.833. The Bertz CT molecular complexity index is 276. The summed E-state index contributed by atoms with van der Waals surface area (Å²) in [6.07, 6.45) is 17.3. The van der Waals surface area contributed by atoms with Gasteiger partial charge in [0.1, 0.15) is 6.10 Å². The number of hydrogen-bond donors (Lipinski definition) is 2. The first-order valence-electron chi connectivity index (χ1n) is 8.89. The average molecular weight is 314 g/mol. The lowest BCUT2D eigenvalue weighted by molar-refractivity contribution is -0.267. The van der Waals surface area contributed by atoms with Crippen molar-refractivity contribution < 1.29 is 20.0 Å². The molecular weight excluding hydrogens is 280 g/mol. The lowest BCUT2D eigenvalue weighted by Crippen LogP contribution is -2.06. The summed E-state index contributed by atoms with van der Waals surface area (Å²) in [6, 6.07) is 0. The molecule has 2 N–H and O–H groups in total. The number of unbranched alkanes of at least 4 members (excludes halogenated alkanes) is 9. The van der Waals surface area contributed by atoms with Gasteiger partial charge < -0.3 is 5.11 Å². The highest BCUT2D eigenvalue weighted by molar-refractivity contribution is 5.66. The molecule has 0 amide bonds. The zero-order valence-electron chi connectivity index (χ0n) is 14.1. The Morgan fingerprint density at radius 3 is 2.32 bits per heavy atom. The number of rotatable bonds is 16. The fourth-order valence-corrected chi connectivity index (χ4v) is 2.45. The van der Waals surface area contributed by atoms with Crippen LogP contribution in [0, 0.1) is 0 Å². The van der Waals surface area contributed by atoms with Crippen molar-refractivity contribution in [2.45, 2.75) is 96.5 Å². The van der Waals surface area contributed by atoms with E-state index < -0.39 is 5.97 Å². The number of carboxylic acids is 1. The molecule has 0 rings (SSSR count). The molecule has 130 valence electrons. The van der Waals surface area contributed by atoms with E-state index >= 15 is 0 Å². The van der Waals surface area contributed by atoms with Gasteiger partial charge in [0.25, 0.3) is 0 Å². The van der Waals surface area contributed by atoms with E-state index in [1.807, 2.05) is 6.08 Å². The van der Waals surface area contributed by atoms with E-state index in [-0.39, 0.29) is 12.5 Å². The molecule has 4 nitrogen and oxygen atoms in total. The highest BCUT2D eigenvalue weighted by Gasteiger charge is 2.03. The third kappa shape index (κ3) is 15.5. The Morgan fingerprint density at radius 1 is 1.00 bits per heavy atom. The fourth-order valence-electron chi connectivity index (χ4n) is 2.45. The average Bonchev–Trinajstić information content (AvgIpc) is 2.50. The van der Waals surface area contributed by atoms with Gasteiger partial charge in [0, 0.05) is 6.42 Å². The first kappa shape index (κ1) is 21.1. The van der Waals surface area contributed by atoms with Gasteiger partial charge in [0.2, 0.25) is 0 Å².